The summed E-state index contributed by atoms with van der Waals surface area (Å²) in [5.41, 5.74) is 22.1. The molecular formula is C58H39NSi. The van der Waals surface area contributed by atoms with Crippen LogP contribution in [0.25, 0.3) is 44.5 Å². The normalized spacial score (nSPS) is 16.2. The van der Waals surface area contributed by atoms with Crippen molar-refractivity contribution in [2.24, 2.45) is 0 Å². The predicted octanol–water partition coefficient (Wildman–Crippen LogP) is 11.5. The van der Waals surface area contributed by atoms with Crippen LogP contribution in [0.5, 0.6) is 0 Å². The zero-order valence-corrected chi connectivity index (χ0v) is 34.5. The molecule has 0 fully saturated rings. The summed E-state index contributed by atoms with van der Waals surface area (Å²) >= 11 is 0. The predicted molar refractivity (Wildman–Crippen MR) is 251 cm³/mol. The van der Waals surface area contributed by atoms with Gasteiger partial charge in [0.1, 0.15) is 0 Å². The summed E-state index contributed by atoms with van der Waals surface area (Å²) in [6.45, 7) is 4.83. The van der Waals surface area contributed by atoms with E-state index in [0.717, 1.165) is 0 Å². The molecule has 0 atom stereocenters. The van der Waals surface area contributed by atoms with Gasteiger partial charge in [-0.3, -0.25) is 0 Å². The number of hydrogen-bond acceptors (Lipinski definition) is 1. The van der Waals surface area contributed by atoms with Gasteiger partial charge in [0.2, 0.25) is 0 Å². The molecule has 2 spiro atoms. The Hall–Kier alpha value is -7.00. The number of nitrogens with zero attached hydrogens (tertiary/aromatic N) is 1. The lowest BCUT2D eigenvalue weighted by Gasteiger charge is -2.46. The summed E-state index contributed by atoms with van der Waals surface area (Å²) in [4.78, 5) is 2.64. The molecule has 3 heterocycles. The molecule has 2 heteroatoms. The molecule has 9 aromatic rings. The van der Waals surface area contributed by atoms with E-state index in [-0.39, 0.29) is 5.41 Å². The van der Waals surface area contributed by atoms with E-state index in [9.17, 15) is 0 Å². The molecule has 2 aliphatic carbocycles. The fraction of sp³-hybridized carbons (Fsp3) is 0.0690. The average Bonchev–Trinajstić information content (AvgIpc) is 3.95. The molecule has 0 radical (unpaired) electrons. The van der Waals surface area contributed by atoms with Crippen molar-refractivity contribution >= 4 is 45.9 Å². The molecule has 280 valence electrons. The molecule has 0 bridgehead atoms. The van der Waals surface area contributed by atoms with Gasteiger partial charge < -0.3 is 4.90 Å². The molecule has 0 unspecified atom stereocenters. The molecule has 0 N–H and O–H groups in total. The molecule has 1 nitrogen and oxygen atoms in total. The van der Waals surface area contributed by atoms with Crippen molar-refractivity contribution in [3.63, 3.8) is 0 Å². The zero-order chi connectivity index (χ0) is 39.5. The molecule has 0 amide bonds. The maximum absolute atomic E-state index is 2.67. The third kappa shape index (κ3) is 3.65. The van der Waals surface area contributed by atoms with Gasteiger partial charge in [-0.15, -0.1) is 0 Å². The number of para-hydroxylation sites is 1. The van der Waals surface area contributed by atoms with Crippen LogP contribution in [0.15, 0.2) is 200 Å². The van der Waals surface area contributed by atoms with E-state index in [1.807, 2.05) is 0 Å². The van der Waals surface area contributed by atoms with Crippen molar-refractivity contribution in [1.82, 2.24) is 0 Å². The van der Waals surface area contributed by atoms with E-state index in [4.69, 9.17) is 0 Å². The molecule has 3 aliphatic heterocycles. The Kier molecular flexibility index (Phi) is 6.13. The van der Waals surface area contributed by atoms with E-state index in [1.54, 1.807) is 0 Å². The van der Waals surface area contributed by atoms with Gasteiger partial charge in [-0.1, -0.05) is 184 Å². The Balaban J connectivity index is 1.11. The smallest absolute Gasteiger partial charge is 0.182 e. The van der Waals surface area contributed by atoms with Crippen molar-refractivity contribution in [1.29, 1.82) is 0 Å². The molecule has 14 rings (SSSR count). The van der Waals surface area contributed by atoms with Crippen molar-refractivity contribution < 1.29 is 0 Å². The van der Waals surface area contributed by atoms with Crippen LogP contribution < -0.4 is 25.6 Å². The molecule has 0 saturated carbocycles. The summed E-state index contributed by atoms with van der Waals surface area (Å²) in [7, 11) is -2.67. The Morgan fingerprint density at radius 2 is 0.767 bits per heavy atom. The molecule has 60 heavy (non-hydrogen) atoms. The fourth-order valence-electron chi connectivity index (χ4n) is 12.8. The van der Waals surface area contributed by atoms with Gasteiger partial charge in [0, 0.05) is 11.1 Å². The van der Waals surface area contributed by atoms with Gasteiger partial charge in [-0.2, -0.15) is 0 Å². The van der Waals surface area contributed by atoms with Gasteiger partial charge in [0.05, 0.1) is 16.8 Å². The van der Waals surface area contributed by atoms with Crippen molar-refractivity contribution in [3.05, 3.63) is 234 Å². The van der Waals surface area contributed by atoms with E-state index in [0.29, 0.717) is 0 Å². The summed E-state index contributed by atoms with van der Waals surface area (Å²) < 4.78 is 0. The fourth-order valence-corrected chi connectivity index (χ4v) is 18.4. The Morgan fingerprint density at radius 3 is 1.35 bits per heavy atom. The minimum Gasteiger partial charge on any atom is -0.310 e. The summed E-state index contributed by atoms with van der Waals surface area (Å²) in [6.07, 6.45) is 0. The SMILES string of the molecule is CC1(C)c2ccccc2-c2cc3c(cc21)N(c1ccc2c(c1)[Si]1(c4ccccc4-c4ccccc41)c1ccccc1-2)c1ccccc1C31c2ccccc2-c2ccccc21. The van der Waals surface area contributed by atoms with Gasteiger partial charge in [-0.25, -0.2) is 0 Å². The second-order valence-corrected chi connectivity index (χ2v) is 21.6. The lowest BCUT2D eigenvalue weighted by Crippen LogP contribution is -2.70. The van der Waals surface area contributed by atoms with Crippen LogP contribution in [-0.2, 0) is 10.8 Å². The molecule has 0 saturated heterocycles. The van der Waals surface area contributed by atoms with Crippen LogP contribution >= 0.6 is 0 Å². The number of fused-ring (bicyclic) bond motifs is 22. The topological polar surface area (TPSA) is 3.24 Å². The van der Waals surface area contributed by atoms with Gasteiger partial charge in [0.25, 0.3) is 0 Å². The minimum absolute atomic E-state index is 0.157. The van der Waals surface area contributed by atoms with E-state index < -0.39 is 13.5 Å². The highest BCUT2D eigenvalue weighted by atomic mass is 28.3. The number of hydrogen-bond donors (Lipinski definition) is 0. The zero-order valence-electron chi connectivity index (χ0n) is 33.5. The Morgan fingerprint density at radius 1 is 0.317 bits per heavy atom. The van der Waals surface area contributed by atoms with Crippen LogP contribution in [0.4, 0.5) is 17.1 Å². The first-order valence-electron chi connectivity index (χ1n) is 21.4. The highest BCUT2D eigenvalue weighted by Gasteiger charge is 2.56. The Labute approximate surface area is 351 Å². The molecule has 0 aromatic heterocycles. The molecule has 9 aromatic carbocycles. The second-order valence-electron chi connectivity index (χ2n) is 17.9. The van der Waals surface area contributed by atoms with Crippen LogP contribution in [0.3, 0.4) is 0 Å². The monoisotopic (exact) mass is 777 g/mol. The van der Waals surface area contributed by atoms with E-state index in [1.165, 1.54) is 116 Å². The third-order valence-corrected chi connectivity index (χ3v) is 20.0. The third-order valence-electron chi connectivity index (χ3n) is 15.1. The first-order valence-corrected chi connectivity index (χ1v) is 23.4. The van der Waals surface area contributed by atoms with E-state index in [2.05, 4.69) is 219 Å². The number of benzene rings is 9. The Bertz CT molecular complexity index is 3280. The average molecular weight is 778 g/mol. The highest BCUT2D eigenvalue weighted by Crippen LogP contribution is 2.65. The first-order chi connectivity index (χ1) is 29.5. The first kappa shape index (κ1) is 32.9. The standard InChI is InChI=1S/C58H39NSi/c1-57(2)45-23-9-3-19-39(45)44-34-50-52(35-49(44)57)59(51-27-13-12-26-48(51)58(50)46-24-10-4-17-37(46)38-18-5-11-25-47(38)58)36-31-32-43-42-22-8-16-30-55(42)60(56(43)33-36)53-28-14-6-20-40(53)41-21-7-15-29-54(41)60/h3-35H,1-2H3. The van der Waals surface area contributed by atoms with Crippen molar-refractivity contribution in [2.75, 3.05) is 4.90 Å². The number of rotatable bonds is 1. The maximum Gasteiger partial charge on any atom is 0.182 e. The van der Waals surface area contributed by atoms with Gasteiger partial charge in [0.15, 0.2) is 8.07 Å². The second kappa shape index (κ2) is 11.2. The molecule has 5 aliphatic rings. The van der Waals surface area contributed by atoms with Gasteiger partial charge >= 0.3 is 0 Å². The van der Waals surface area contributed by atoms with Crippen molar-refractivity contribution in [3.8, 4) is 44.5 Å². The van der Waals surface area contributed by atoms with Crippen molar-refractivity contribution in [2.45, 2.75) is 24.7 Å². The summed E-state index contributed by atoms with van der Waals surface area (Å²) in [5.74, 6) is 0. The molecular weight excluding hydrogens is 739 g/mol. The van der Waals surface area contributed by atoms with Crippen LogP contribution in [0.2, 0.25) is 0 Å². The maximum atomic E-state index is 2.64. The summed E-state index contributed by atoms with van der Waals surface area (Å²) in [5, 5.41) is 6.00. The number of anilines is 3. The highest BCUT2D eigenvalue weighted by molar-refractivity contribution is 7.24. The lowest BCUT2D eigenvalue weighted by atomic mass is 9.64. The lowest BCUT2D eigenvalue weighted by molar-refractivity contribution is 0.658. The minimum atomic E-state index is -2.67. The largest absolute Gasteiger partial charge is 0.310 e. The summed E-state index contributed by atoms with van der Waals surface area (Å²) in [6, 6.07) is 77.3. The van der Waals surface area contributed by atoms with Crippen LogP contribution in [0, 0.1) is 0 Å². The van der Waals surface area contributed by atoms with E-state index >= 15 is 0 Å². The van der Waals surface area contributed by atoms with Crippen LogP contribution in [0.1, 0.15) is 47.2 Å². The van der Waals surface area contributed by atoms with Crippen LogP contribution in [-0.4, -0.2) is 8.07 Å². The quantitative estimate of drug-likeness (QED) is 0.150. The van der Waals surface area contributed by atoms with Gasteiger partial charge in [-0.05, 0) is 129 Å².